The second-order valence-electron chi connectivity index (χ2n) is 10.7. The van der Waals surface area contributed by atoms with Crippen LogP contribution in [0.25, 0.3) is 0 Å². The Kier molecular flexibility index (Phi) is 9.34. The first kappa shape index (κ1) is 29.2. The van der Waals surface area contributed by atoms with E-state index in [0.717, 1.165) is 9.39 Å². The van der Waals surface area contributed by atoms with Gasteiger partial charge in [0.2, 0.25) is 0 Å². The molecule has 1 aliphatic rings. The Labute approximate surface area is 245 Å². The molecule has 1 saturated carbocycles. The number of hydrogen-bond donors (Lipinski definition) is 1. The average Bonchev–Trinajstić information content (AvgIpc) is 3.25. The summed E-state index contributed by atoms with van der Waals surface area (Å²) in [7, 11) is -1.19. The van der Waals surface area contributed by atoms with Crippen molar-refractivity contribution in [1.29, 1.82) is 0 Å². The number of ketones is 1. The monoisotopic (exact) mass is 661 g/mol. The lowest BCUT2D eigenvalue weighted by Crippen LogP contribution is -2.69. The van der Waals surface area contributed by atoms with Gasteiger partial charge in [0, 0.05) is 19.2 Å². The molecular formula is C29H36IN3O3SSi. The third-order valence-electron chi connectivity index (χ3n) is 7.38. The number of nitrogens with zero attached hydrogens (tertiary/aromatic N) is 2. The van der Waals surface area contributed by atoms with E-state index in [-0.39, 0.29) is 28.9 Å². The molecule has 0 amide bonds. The molecule has 0 spiro atoms. The number of methoxy groups -OCH3 is 1. The van der Waals surface area contributed by atoms with Crippen molar-refractivity contribution in [2.75, 3.05) is 18.7 Å². The highest BCUT2D eigenvalue weighted by Crippen LogP contribution is 2.42. The predicted octanol–water partition coefficient (Wildman–Crippen LogP) is 5.15. The van der Waals surface area contributed by atoms with Crippen LogP contribution in [0.3, 0.4) is 0 Å². The number of Topliss-reactive ketones (excluding diaryl/α,β-unsaturated/α-hetero) is 1. The van der Waals surface area contributed by atoms with Crippen molar-refractivity contribution in [3.63, 3.8) is 0 Å². The molecule has 0 bridgehead atoms. The van der Waals surface area contributed by atoms with E-state index in [1.807, 2.05) is 24.6 Å². The molecule has 1 unspecified atom stereocenters. The topological polar surface area (TPSA) is 73.3 Å². The summed E-state index contributed by atoms with van der Waals surface area (Å²) in [6.45, 7) is 8.42. The number of aromatic nitrogens is 2. The molecule has 9 heteroatoms. The third kappa shape index (κ3) is 5.72. The van der Waals surface area contributed by atoms with Gasteiger partial charge in [0.1, 0.15) is 17.7 Å². The minimum Gasteiger partial charge on any atom is -0.401 e. The number of nitrogens with one attached hydrogen (secondary N) is 1. The molecule has 202 valence electrons. The molecule has 1 aromatic heterocycles. The largest absolute Gasteiger partial charge is 0.401 e. The molecule has 1 aliphatic carbocycles. The molecule has 4 atom stereocenters. The van der Waals surface area contributed by atoms with Crippen LogP contribution in [0.4, 0.5) is 5.82 Å². The second-order valence-corrected chi connectivity index (χ2v) is 16.9. The van der Waals surface area contributed by atoms with E-state index < -0.39 is 14.4 Å². The van der Waals surface area contributed by atoms with E-state index in [0.29, 0.717) is 11.6 Å². The number of rotatable bonds is 9. The van der Waals surface area contributed by atoms with Crippen molar-refractivity contribution >= 4 is 64.6 Å². The predicted molar refractivity (Wildman–Crippen MR) is 166 cm³/mol. The van der Waals surface area contributed by atoms with Crippen LogP contribution in [0.1, 0.15) is 34.1 Å². The van der Waals surface area contributed by atoms with Crippen LogP contribution in [-0.4, -0.2) is 55.7 Å². The number of carbonyl (C=O) groups excluding carboxylic acids is 1. The first-order valence-electron chi connectivity index (χ1n) is 12.8. The first-order chi connectivity index (χ1) is 18.1. The molecule has 38 heavy (non-hydrogen) atoms. The number of halogens is 1. The number of hydrogen-bond acceptors (Lipinski definition) is 7. The fraction of sp³-hybridized carbons (Fsp3) is 0.414. The molecule has 4 rings (SSSR count). The Morgan fingerprint density at radius 2 is 1.63 bits per heavy atom. The zero-order valence-corrected chi connectivity index (χ0v) is 26.7. The van der Waals surface area contributed by atoms with Crippen molar-refractivity contribution < 1.29 is 14.0 Å². The van der Waals surface area contributed by atoms with Gasteiger partial charge >= 0.3 is 0 Å². The Bertz CT molecular complexity index is 1200. The Hall–Kier alpha value is -1.79. The smallest absolute Gasteiger partial charge is 0.261 e. The summed E-state index contributed by atoms with van der Waals surface area (Å²) in [5.41, 5.74) is 0. The van der Waals surface area contributed by atoms with Gasteiger partial charge in [0.05, 0.1) is 15.7 Å². The van der Waals surface area contributed by atoms with Crippen molar-refractivity contribution in [1.82, 2.24) is 9.97 Å². The van der Waals surface area contributed by atoms with Gasteiger partial charge in [-0.1, -0.05) is 93.2 Å². The van der Waals surface area contributed by atoms with Gasteiger partial charge in [-0.05, 0) is 57.6 Å². The molecule has 6 nitrogen and oxygen atoms in total. The summed E-state index contributed by atoms with van der Waals surface area (Å²) in [4.78, 5) is 22.2. The highest BCUT2D eigenvalue weighted by molar-refractivity contribution is 14.1. The maximum absolute atomic E-state index is 13.1. The highest BCUT2D eigenvalue weighted by atomic mass is 127. The Balaban J connectivity index is 1.81. The number of carbonyl (C=O) groups is 1. The number of anilines is 1. The van der Waals surface area contributed by atoms with E-state index in [2.05, 4.69) is 107 Å². The van der Waals surface area contributed by atoms with Crippen LogP contribution < -0.4 is 15.7 Å². The summed E-state index contributed by atoms with van der Waals surface area (Å²) in [6, 6.07) is 20.9. The fourth-order valence-electron chi connectivity index (χ4n) is 5.61. The lowest BCUT2D eigenvalue weighted by Gasteiger charge is -2.46. The van der Waals surface area contributed by atoms with E-state index in [4.69, 9.17) is 9.16 Å². The van der Waals surface area contributed by atoms with E-state index >= 15 is 0 Å². The van der Waals surface area contributed by atoms with Crippen molar-refractivity contribution in [3.8, 4) is 0 Å². The molecule has 1 N–H and O–H groups in total. The second kappa shape index (κ2) is 12.2. The Morgan fingerprint density at radius 3 is 2.11 bits per heavy atom. The molecule has 2 aromatic carbocycles. The zero-order chi connectivity index (χ0) is 27.5. The van der Waals surface area contributed by atoms with Crippen LogP contribution in [-0.2, 0) is 14.0 Å². The normalized spacial score (nSPS) is 21.9. The van der Waals surface area contributed by atoms with Crippen LogP contribution in [0.5, 0.6) is 0 Å². The van der Waals surface area contributed by atoms with Gasteiger partial charge < -0.3 is 14.5 Å². The van der Waals surface area contributed by atoms with Crippen molar-refractivity contribution in [2.24, 2.45) is 5.92 Å². The van der Waals surface area contributed by atoms with Gasteiger partial charge in [-0.25, -0.2) is 9.97 Å². The minimum atomic E-state index is -2.90. The summed E-state index contributed by atoms with van der Waals surface area (Å²) < 4.78 is 14.5. The van der Waals surface area contributed by atoms with Crippen molar-refractivity contribution in [2.45, 2.75) is 62.6 Å². The molecule has 3 aromatic rings. The van der Waals surface area contributed by atoms with E-state index in [1.54, 1.807) is 14.0 Å². The van der Waals surface area contributed by atoms with Gasteiger partial charge in [0.25, 0.3) is 8.32 Å². The highest BCUT2D eigenvalue weighted by Gasteiger charge is 2.56. The summed E-state index contributed by atoms with van der Waals surface area (Å²) in [6.07, 6.45) is 3.62. The molecule has 0 radical (unpaired) electrons. The van der Waals surface area contributed by atoms with Gasteiger partial charge in [-0.3, -0.25) is 4.79 Å². The molecule has 0 aliphatic heterocycles. The third-order valence-corrected chi connectivity index (χ3v) is 13.8. The van der Waals surface area contributed by atoms with Gasteiger partial charge in [0.15, 0.2) is 5.16 Å². The fourth-order valence-corrected chi connectivity index (χ4v) is 11.1. The van der Waals surface area contributed by atoms with E-state index in [9.17, 15) is 4.79 Å². The summed E-state index contributed by atoms with van der Waals surface area (Å²) in [5.74, 6) is 0.561. The molecule has 1 heterocycles. The van der Waals surface area contributed by atoms with Gasteiger partial charge in [-0.15, -0.1) is 0 Å². The van der Waals surface area contributed by atoms with Crippen molar-refractivity contribution in [3.05, 3.63) is 70.4 Å². The van der Waals surface area contributed by atoms with Crippen LogP contribution >= 0.6 is 34.4 Å². The number of thioether (sulfide) groups is 1. The average molecular weight is 662 g/mol. The maximum Gasteiger partial charge on any atom is 0.261 e. The van der Waals surface area contributed by atoms with Gasteiger partial charge in [-0.2, -0.15) is 0 Å². The van der Waals surface area contributed by atoms with Crippen LogP contribution in [0.15, 0.2) is 72.0 Å². The SMILES string of the molecule is CO[C@@H]1C(O[Si](c2ccccc2)(c2ccccc2)C(C)(C)C)[C@@H](C(C)=O)C[C@H]1Nc1nc(SC)ncc1I. The standard InChI is InChI=1S/C29H36IN3O3SSi/c1-19(34)22-17-24(32-27-23(30)18-31-28(33-27)37-6)26(35-5)25(22)36-38(29(2,3)4,20-13-9-7-10-14-20)21-15-11-8-12-16-21/h7-16,18,22,24-26H,17H2,1-6H3,(H,31,32,33)/t22-,24-,25?,26+/m1/s1. The zero-order valence-electron chi connectivity index (χ0n) is 22.8. The van der Waals surface area contributed by atoms with Crippen LogP contribution in [0, 0.1) is 9.49 Å². The summed E-state index contributed by atoms with van der Waals surface area (Å²) >= 11 is 3.74. The van der Waals surface area contributed by atoms with Crippen LogP contribution in [0.2, 0.25) is 5.04 Å². The van der Waals surface area contributed by atoms with E-state index in [1.165, 1.54) is 22.1 Å². The first-order valence-corrected chi connectivity index (χ1v) is 17.0. The quantitative estimate of drug-likeness (QED) is 0.147. The Morgan fingerprint density at radius 1 is 1.05 bits per heavy atom. The molecule has 0 saturated heterocycles. The minimum absolute atomic E-state index is 0.112. The maximum atomic E-state index is 13.1. The number of benzene rings is 2. The lowest BCUT2D eigenvalue weighted by atomic mass is 10.0. The number of ether oxygens (including phenoxy) is 1. The lowest BCUT2D eigenvalue weighted by molar-refractivity contribution is -0.124. The summed E-state index contributed by atoms with van der Waals surface area (Å²) in [5, 5.41) is 6.44. The molecular weight excluding hydrogens is 625 g/mol. The molecule has 1 fully saturated rings.